The number of hydrazine groups is 1. The molecule has 3 aromatic rings. The summed E-state index contributed by atoms with van der Waals surface area (Å²) in [5, 5.41) is 4.55. The second-order valence-electron chi connectivity index (χ2n) is 8.42. The van der Waals surface area contributed by atoms with Crippen LogP contribution < -0.4 is 15.9 Å². The van der Waals surface area contributed by atoms with Crippen molar-refractivity contribution in [3.8, 4) is 5.75 Å². The largest absolute Gasteiger partial charge is 0.489 e. The summed E-state index contributed by atoms with van der Waals surface area (Å²) >= 11 is 13.3. The third kappa shape index (κ3) is 6.93. The van der Waals surface area contributed by atoms with Gasteiger partial charge in [-0.1, -0.05) is 35.3 Å². The highest BCUT2D eigenvalue weighted by molar-refractivity contribution is 7.21. The van der Waals surface area contributed by atoms with Crippen LogP contribution in [-0.2, 0) is 11.2 Å². The maximum atomic E-state index is 11.3. The van der Waals surface area contributed by atoms with Crippen LogP contribution in [0.5, 0.6) is 5.75 Å². The van der Waals surface area contributed by atoms with Crippen LogP contribution in [0.4, 0.5) is 0 Å². The minimum atomic E-state index is -0.937. The van der Waals surface area contributed by atoms with Gasteiger partial charge >= 0.3 is 0 Å². The number of amides is 1. The second-order valence-corrected chi connectivity index (χ2v) is 10.3. The third-order valence-corrected chi connectivity index (χ3v) is 7.20. The normalized spacial score (nSPS) is 15.7. The number of nitrogens with one attached hydrogen (secondary N) is 1. The first-order valence-corrected chi connectivity index (χ1v) is 12.9. The number of thiophene rings is 1. The molecule has 1 saturated carbocycles. The number of rotatable bonds is 8. The van der Waals surface area contributed by atoms with E-state index in [1.807, 2.05) is 6.07 Å². The van der Waals surface area contributed by atoms with Crippen molar-refractivity contribution >= 4 is 56.3 Å². The van der Waals surface area contributed by atoms with Gasteiger partial charge in [-0.25, -0.2) is 5.01 Å². The standard InChI is InChI=1S/C15H21ClN2O.C10H6ClNO2S/c16-14-11-12(3-1-9-18-10-2-8-17-18)4-7-15(14)19-13-5-6-13;11-6-2-1-5-3-8(9(13)10(12)14)15-7(5)4-6/h4,7,11,13,17H,1-3,5-6,8-10H2;1-4H,(H2,12,14). The van der Waals surface area contributed by atoms with Crippen molar-refractivity contribution in [3.05, 3.63) is 63.0 Å². The summed E-state index contributed by atoms with van der Waals surface area (Å²) in [5.74, 6) is -0.755. The van der Waals surface area contributed by atoms with Gasteiger partial charge in [-0.3, -0.25) is 15.0 Å². The van der Waals surface area contributed by atoms with Crippen LogP contribution in [0.15, 0.2) is 42.5 Å². The topological polar surface area (TPSA) is 84.7 Å². The number of carbonyl (C=O) groups excluding carboxylic acids is 2. The molecule has 0 bridgehead atoms. The molecule has 1 saturated heterocycles. The van der Waals surface area contributed by atoms with E-state index in [0.29, 0.717) is 16.0 Å². The lowest BCUT2D eigenvalue weighted by atomic mass is 10.1. The van der Waals surface area contributed by atoms with E-state index in [4.69, 9.17) is 33.7 Å². The Kier molecular flexibility index (Phi) is 8.45. The third-order valence-electron chi connectivity index (χ3n) is 5.58. The predicted octanol–water partition coefficient (Wildman–Crippen LogP) is 5.25. The van der Waals surface area contributed by atoms with Gasteiger partial charge in [0.1, 0.15) is 5.75 Å². The van der Waals surface area contributed by atoms with Crippen LogP contribution in [0, 0.1) is 0 Å². The van der Waals surface area contributed by atoms with Gasteiger partial charge in [-0.15, -0.1) is 11.3 Å². The van der Waals surface area contributed by atoms with Crippen LogP contribution in [0.3, 0.4) is 0 Å². The first-order valence-electron chi connectivity index (χ1n) is 11.4. The number of nitrogens with two attached hydrogens (primary N) is 1. The van der Waals surface area contributed by atoms with E-state index in [-0.39, 0.29) is 0 Å². The van der Waals surface area contributed by atoms with E-state index in [2.05, 4.69) is 22.6 Å². The van der Waals surface area contributed by atoms with E-state index in [0.717, 1.165) is 46.8 Å². The highest BCUT2D eigenvalue weighted by atomic mass is 35.5. The number of ether oxygens (including phenoxy) is 1. The Balaban J connectivity index is 0.000000166. The van der Waals surface area contributed by atoms with Gasteiger partial charge in [-0.2, -0.15) is 0 Å². The number of ketones is 1. The number of Topliss-reactive ketones (excluding diaryl/α,β-unsaturated/α-hetero) is 1. The molecule has 1 aromatic heterocycles. The average Bonchev–Trinajstić information content (AvgIpc) is 3.29. The minimum absolute atomic E-state index is 0.347. The molecule has 6 nitrogen and oxygen atoms in total. The number of halogens is 2. The molecule has 1 aliphatic carbocycles. The average molecular weight is 520 g/mol. The molecular formula is C25H27Cl2N3O3S. The zero-order valence-corrected chi connectivity index (χ0v) is 21.0. The summed E-state index contributed by atoms with van der Waals surface area (Å²) < 4.78 is 6.61. The lowest BCUT2D eigenvalue weighted by Crippen LogP contribution is -2.31. The molecule has 1 amide bonds. The summed E-state index contributed by atoms with van der Waals surface area (Å²) in [5.41, 5.74) is 9.59. The molecule has 0 unspecified atom stereocenters. The Morgan fingerprint density at radius 1 is 1.15 bits per heavy atom. The Hall–Kier alpha value is -2.16. The van der Waals surface area contributed by atoms with Gasteiger partial charge in [0, 0.05) is 29.4 Å². The molecule has 0 radical (unpaired) electrons. The summed E-state index contributed by atoms with van der Waals surface area (Å²) in [6.07, 6.45) is 6.24. The van der Waals surface area contributed by atoms with E-state index in [1.54, 1.807) is 24.3 Å². The van der Waals surface area contributed by atoms with Crippen molar-refractivity contribution in [1.29, 1.82) is 0 Å². The van der Waals surface area contributed by atoms with Gasteiger partial charge in [0.15, 0.2) is 0 Å². The highest BCUT2D eigenvalue weighted by Gasteiger charge is 2.24. The SMILES string of the molecule is Clc1cc(CCCN2CCCN2)ccc1OC1CC1.NC(=O)C(=O)c1cc2ccc(Cl)cc2s1. The number of fused-ring (bicyclic) bond motifs is 1. The van der Waals surface area contributed by atoms with E-state index >= 15 is 0 Å². The molecule has 1 aliphatic heterocycles. The van der Waals surface area contributed by atoms with Gasteiger partial charge in [-0.05, 0) is 73.4 Å². The fourth-order valence-corrected chi connectivity index (χ4v) is 5.18. The molecule has 0 spiro atoms. The number of primary amides is 1. The van der Waals surface area contributed by atoms with Gasteiger partial charge in [0.05, 0.1) is 16.0 Å². The molecule has 2 fully saturated rings. The Bertz CT molecular complexity index is 1170. The van der Waals surface area contributed by atoms with Crippen molar-refractivity contribution < 1.29 is 14.3 Å². The smallest absolute Gasteiger partial charge is 0.290 e. The molecule has 2 aliphatic rings. The fraction of sp³-hybridized carbons (Fsp3) is 0.360. The Labute approximate surface area is 212 Å². The molecule has 34 heavy (non-hydrogen) atoms. The minimum Gasteiger partial charge on any atom is -0.489 e. The maximum absolute atomic E-state index is 11.3. The van der Waals surface area contributed by atoms with Gasteiger partial charge < -0.3 is 10.5 Å². The molecule has 5 rings (SSSR count). The molecule has 3 N–H and O–H groups in total. The van der Waals surface area contributed by atoms with E-state index < -0.39 is 11.7 Å². The van der Waals surface area contributed by atoms with Crippen LogP contribution in [-0.4, -0.2) is 42.4 Å². The summed E-state index contributed by atoms with van der Waals surface area (Å²) in [6, 6.07) is 13.1. The molecule has 2 aromatic carbocycles. The first-order chi connectivity index (χ1) is 16.4. The number of carbonyl (C=O) groups is 2. The first kappa shape index (κ1) is 24.9. The molecule has 9 heteroatoms. The van der Waals surface area contributed by atoms with Crippen LogP contribution in [0.1, 0.15) is 40.9 Å². The van der Waals surface area contributed by atoms with Crippen molar-refractivity contribution in [2.75, 3.05) is 19.6 Å². The molecular weight excluding hydrogens is 493 g/mol. The zero-order valence-electron chi connectivity index (χ0n) is 18.7. The number of aryl methyl sites for hydroxylation is 1. The maximum Gasteiger partial charge on any atom is 0.290 e. The number of benzene rings is 2. The van der Waals surface area contributed by atoms with Crippen molar-refractivity contribution in [1.82, 2.24) is 10.4 Å². The van der Waals surface area contributed by atoms with Gasteiger partial charge in [0.25, 0.3) is 11.7 Å². The van der Waals surface area contributed by atoms with Crippen molar-refractivity contribution in [3.63, 3.8) is 0 Å². The monoisotopic (exact) mass is 519 g/mol. The lowest BCUT2D eigenvalue weighted by Gasteiger charge is -2.15. The Morgan fingerprint density at radius 3 is 2.65 bits per heavy atom. The van der Waals surface area contributed by atoms with Gasteiger partial charge in [0.2, 0.25) is 0 Å². The molecule has 180 valence electrons. The summed E-state index contributed by atoms with van der Waals surface area (Å²) in [6.45, 7) is 3.41. The quantitative estimate of drug-likeness (QED) is 0.313. The van der Waals surface area contributed by atoms with E-state index in [1.165, 1.54) is 42.7 Å². The number of hydrogen-bond acceptors (Lipinski definition) is 6. The fourth-order valence-electron chi connectivity index (χ4n) is 3.65. The Morgan fingerprint density at radius 2 is 1.97 bits per heavy atom. The van der Waals surface area contributed by atoms with Crippen LogP contribution in [0.25, 0.3) is 10.1 Å². The molecule has 0 atom stereocenters. The zero-order chi connectivity index (χ0) is 24.1. The van der Waals surface area contributed by atoms with Crippen LogP contribution >= 0.6 is 34.5 Å². The number of hydrogen-bond donors (Lipinski definition) is 2. The predicted molar refractivity (Wildman–Crippen MR) is 138 cm³/mol. The highest BCUT2D eigenvalue weighted by Crippen LogP contribution is 2.32. The van der Waals surface area contributed by atoms with Crippen molar-refractivity contribution in [2.24, 2.45) is 5.73 Å². The summed E-state index contributed by atoms with van der Waals surface area (Å²) in [4.78, 5) is 22.3. The molecule has 2 heterocycles. The number of nitrogens with zero attached hydrogens (tertiary/aromatic N) is 1. The second kappa shape index (κ2) is 11.5. The summed E-state index contributed by atoms with van der Waals surface area (Å²) in [7, 11) is 0. The van der Waals surface area contributed by atoms with E-state index in [9.17, 15) is 9.59 Å². The lowest BCUT2D eigenvalue weighted by molar-refractivity contribution is -0.114. The van der Waals surface area contributed by atoms with Crippen LogP contribution in [0.2, 0.25) is 10.0 Å². The van der Waals surface area contributed by atoms with Crippen molar-refractivity contribution in [2.45, 2.75) is 38.2 Å².